The van der Waals surface area contributed by atoms with Gasteiger partial charge in [-0.15, -0.1) is 0 Å². The number of carbonyl (C=O) groups is 3. The normalized spacial score (nSPS) is 35.5. The molecule has 4 fully saturated rings. The fraction of sp³-hybridized carbons (Fsp3) is 0.735. The third-order valence-corrected chi connectivity index (χ3v) is 12.4. The molecule has 0 bridgehead atoms. The second-order valence-electron chi connectivity index (χ2n) is 14.6. The zero-order valence-electron chi connectivity index (χ0n) is 27.0. The molecule has 4 saturated carbocycles. The average molecular weight is 643 g/mol. The maximum absolute atomic E-state index is 12.7. The van der Waals surface area contributed by atoms with E-state index in [4.69, 9.17) is 20.6 Å². The summed E-state index contributed by atoms with van der Waals surface area (Å²) in [4.78, 5) is 52.1. The molecule has 1 aromatic heterocycles. The highest BCUT2D eigenvalue weighted by Crippen LogP contribution is 2.70. The van der Waals surface area contributed by atoms with Crippen LogP contribution in [0.15, 0.2) is 32.6 Å². The molecule has 0 radical (unpaired) electrons. The number of hydrogen-bond donors (Lipinski definition) is 5. The van der Waals surface area contributed by atoms with Gasteiger partial charge in [0.15, 0.2) is 5.96 Å². The lowest BCUT2D eigenvalue weighted by molar-refractivity contribution is -0.207. The van der Waals surface area contributed by atoms with Gasteiger partial charge in [-0.1, -0.05) is 13.8 Å². The Labute approximate surface area is 269 Å². The molecule has 0 spiro atoms. The van der Waals surface area contributed by atoms with Crippen LogP contribution in [0.5, 0.6) is 0 Å². The van der Waals surface area contributed by atoms with E-state index >= 15 is 0 Å². The first-order valence-corrected chi connectivity index (χ1v) is 16.8. The van der Waals surface area contributed by atoms with Crippen LogP contribution in [0.4, 0.5) is 0 Å². The molecule has 12 heteroatoms. The number of guanidine groups is 1. The van der Waals surface area contributed by atoms with Gasteiger partial charge in [0.25, 0.3) is 0 Å². The summed E-state index contributed by atoms with van der Waals surface area (Å²) in [5.74, 6) is -1.09. The Kier molecular flexibility index (Phi) is 9.86. The molecule has 4 aliphatic carbocycles. The molecule has 7 N–H and O–H groups in total. The molecular weight excluding hydrogens is 592 g/mol. The van der Waals surface area contributed by atoms with E-state index in [2.05, 4.69) is 24.2 Å². The van der Waals surface area contributed by atoms with Crippen LogP contribution >= 0.6 is 0 Å². The van der Waals surface area contributed by atoms with Gasteiger partial charge in [0, 0.05) is 24.4 Å². The van der Waals surface area contributed by atoms with E-state index in [1.54, 1.807) is 6.26 Å². The van der Waals surface area contributed by atoms with Crippen molar-refractivity contribution >= 4 is 23.8 Å². The minimum atomic E-state index is -1.16. The number of nitrogens with zero attached hydrogens (tertiary/aromatic N) is 1. The minimum Gasteiger partial charge on any atom is -0.480 e. The Morgan fingerprint density at radius 1 is 1.07 bits per heavy atom. The first kappa shape index (κ1) is 33.9. The van der Waals surface area contributed by atoms with E-state index in [-0.39, 0.29) is 66.2 Å². The number of fused-ring (bicyclic) bond motifs is 5. The molecule has 0 saturated heterocycles. The lowest BCUT2D eigenvalue weighted by Gasteiger charge is -2.63. The van der Waals surface area contributed by atoms with Crippen molar-refractivity contribution in [3.8, 4) is 0 Å². The quantitative estimate of drug-likeness (QED) is 0.103. The van der Waals surface area contributed by atoms with Gasteiger partial charge in [-0.3, -0.25) is 14.6 Å². The molecule has 5 rings (SSSR count). The Bertz CT molecular complexity index is 1370. The number of hydrogen-bond acceptors (Lipinski definition) is 8. The summed E-state index contributed by atoms with van der Waals surface area (Å²) in [6.45, 7) is 4.86. The Hall–Kier alpha value is -3.41. The topological polar surface area (TPSA) is 208 Å². The van der Waals surface area contributed by atoms with E-state index in [0.717, 1.165) is 63.4 Å². The summed E-state index contributed by atoms with van der Waals surface area (Å²) in [6.07, 6.45) is 9.54. The van der Waals surface area contributed by atoms with Crippen LogP contribution in [-0.2, 0) is 19.1 Å². The zero-order chi connectivity index (χ0) is 33.3. The maximum atomic E-state index is 12.7. The number of aliphatic imine (C=N–C) groups is 1. The minimum absolute atomic E-state index is 0.0490. The smallest absolute Gasteiger partial charge is 0.335 e. The Morgan fingerprint density at radius 3 is 2.54 bits per heavy atom. The predicted octanol–water partition coefficient (Wildman–Crippen LogP) is 3.20. The largest absolute Gasteiger partial charge is 0.480 e. The molecule has 46 heavy (non-hydrogen) atoms. The van der Waals surface area contributed by atoms with Gasteiger partial charge < -0.3 is 36.2 Å². The number of nitrogens with one attached hydrogen (secondary N) is 1. The highest BCUT2D eigenvalue weighted by molar-refractivity contribution is 5.85. The second kappa shape index (κ2) is 13.4. The number of aliphatic hydroxyl groups is 1. The van der Waals surface area contributed by atoms with Crippen molar-refractivity contribution in [2.24, 2.45) is 45.0 Å². The van der Waals surface area contributed by atoms with Gasteiger partial charge in [-0.05, 0) is 111 Å². The summed E-state index contributed by atoms with van der Waals surface area (Å²) in [7, 11) is 0. The Balaban J connectivity index is 1.13. The second-order valence-corrected chi connectivity index (χ2v) is 14.6. The van der Waals surface area contributed by atoms with Gasteiger partial charge in [0.1, 0.15) is 12.1 Å². The van der Waals surface area contributed by atoms with Crippen LogP contribution in [0.25, 0.3) is 0 Å². The number of ether oxygens (including phenoxy) is 1. The van der Waals surface area contributed by atoms with Crippen LogP contribution in [0.1, 0.15) is 109 Å². The maximum Gasteiger partial charge on any atom is 0.335 e. The third-order valence-electron chi connectivity index (χ3n) is 12.4. The summed E-state index contributed by atoms with van der Waals surface area (Å²) >= 11 is 0. The van der Waals surface area contributed by atoms with Gasteiger partial charge in [0.2, 0.25) is 5.91 Å². The average Bonchev–Trinajstić information content (AvgIpc) is 3.29. The first-order chi connectivity index (χ1) is 21.8. The third kappa shape index (κ3) is 6.55. The highest BCUT2D eigenvalue weighted by Gasteiger charge is 2.67. The van der Waals surface area contributed by atoms with Gasteiger partial charge in [0.05, 0.1) is 18.3 Å². The molecule has 4 aliphatic rings. The summed E-state index contributed by atoms with van der Waals surface area (Å²) in [5.41, 5.74) is 10.2. The highest BCUT2D eigenvalue weighted by atomic mass is 16.5. The lowest BCUT2D eigenvalue weighted by atomic mass is 9.43. The summed E-state index contributed by atoms with van der Waals surface area (Å²) in [5, 5.41) is 24.4. The van der Waals surface area contributed by atoms with E-state index in [9.17, 15) is 29.4 Å². The molecule has 1 amide bonds. The van der Waals surface area contributed by atoms with Crippen LogP contribution in [0.3, 0.4) is 0 Å². The van der Waals surface area contributed by atoms with Crippen molar-refractivity contribution in [3.63, 3.8) is 0 Å². The molecule has 1 heterocycles. The summed E-state index contributed by atoms with van der Waals surface area (Å²) < 4.78 is 11.1. The van der Waals surface area contributed by atoms with Gasteiger partial charge >= 0.3 is 17.6 Å². The molecule has 0 aliphatic heterocycles. The monoisotopic (exact) mass is 642 g/mol. The van der Waals surface area contributed by atoms with Crippen LogP contribution in [0, 0.1) is 28.6 Å². The molecule has 0 unspecified atom stereocenters. The number of amides is 1. The van der Waals surface area contributed by atoms with E-state index in [0.29, 0.717) is 18.3 Å². The first-order valence-electron chi connectivity index (χ1n) is 16.8. The fourth-order valence-electron chi connectivity index (χ4n) is 9.88. The van der Waals surface area contributed by atoms with Gasteiger partial charge in [-0.25, -0.2) is 9.59 Å². The lowest BCUT2D eigenvalue weighted by Crippen LogP contribution is -2.62. The van der Waals surface area contributed by atoms with Crippen molar-refractivity contribution in [2.75, 3.05) is 6.54 Å². The van der Waals surface area contributed by atoms with E-state index in [1.165, 1.54) is 6.07 Å². The fourth-order valence-corrected chi connectivity index (χ4v) is 9.88. The standard InChI is InChI=1S/C34H50N4O8/c1-32-14-11-22(46-29(41)10-8-27(39)38-26(30(42)43)4-3-17-37-31(35)36)18-21(32)6-7-25-24(32)12-15-33(2)23(13-16-34(25,33)44)20-5-9-28(40)45-19-20/h5,9,19,21-26,44H,3-4,6-8,10-18H2,1-2H3,(H,38,39)(H,42,43)(H4,35,36,37)/t21-,22-,23-,24-,25+,26-,32-,33+,34-/m0/s1. The molecule has 1 aromatic rings. The molecule has 9 atom stereocenters. The van der Waals surface area contributed by atoms with Crippen molar-refractivity contribution in [2.45, 2.75) is 121 Å². The van der Waals surface area contributed by atoms with Crippen molar-refractivity contribution < 1.29 is 33.8 Å². The SMILES string of the molecule is C[C@]12CC[C@H](OC(=O)CCC(=O)N[C@@H](CCCN=C(N)N)C(=O)O)C[C@@H]1CC[C@@H]1[C@@H]2CC[C@]2(C)[C@H](c3ccc(=O)oc3)CC[C@]12O. The van der Waals surface area contributed by atoms with Crippen LogP contribution in [0.2, 0.25) is 0 Å². The van der Waals surface area contributed by atoms with Crippen molar-refractivity contribution in [1.29, 1.82) is 0 Å². The van der Waals surface area contributed by atoms with Crippen molar-refractivity contribution in [1.82, 2.24) is 5.32 Å². The van der Waals surface area contributed by atoms with E-state index < -0.39 is 29.5 Å². The van der Waals surface area contributed by atoms with Crippen LogP contribution < -0.4 is 22.4 Å². The van der Waals surface area contributed by atoms with Gasteiger partial charge in [-0.2, -0.15) is 0 Å². The number of nitrogens with two attached hydrogens (primary N) is 2. The number of carbonyl (C=O) groups excluding carboxylic acids is 2. The molecule has 254 valence electrons. The molecule has 0 aromatic carbocycles. The number of esters is 1. The molecular formula is C34H50N4O8. The number of aliphatic carboxylic acids is 1. The number of carboxylic acid groups (broad SMARTS) is 1. The predicted molar refractivity (Wildman–Crippen MR) is 169 cm³/mol. The zero-order valence-corrected chi connectivity index (χ0v) is 27.0. The van der Waals surface area contributed by atoms with E-state index in [1.807, 2.05) is 6.07 Å². The summed E-state index contributed by atoms with van der Waals surface area (Å²) in [6, 6.07) is 2.25. The number of rotatable bonds is 11. The number of carboxylic acids is 1. The van der Waals surface area contributed by atoms with Crippen molar-refractivity contribution in [3.05, 3.63) is 34.4 Å². The van der Waals surface area contributed by atoms with Crippen LogP contribution in [-0.4, -0.2) is 58.3 Å². The molecule has 12 nitrogen and oxygen atoms in total. The Morgan fingerprint density at radius 2 is 1.85 bits per heavy atom.